The number of nitrogens with one attached hydrogen (secondary N) is 1. The quantitative estimate of drug-likeness (QED) is 0.455. The van der Waals surface area contributed by atoms with E-state index in [1.54, 1.807) is 17.0 Å². The van der Waals surface area contributed by atoms with Crippen LogP contribution in [0.15, 0.2) is 48.2 Å². The summed E-state index contributed by atoms with van der Waals surface area (Å²) in [5, 5.41) is 6.22. The second-order valence-electron chi connectivity index (χ2n) is 7.54. The Morgan fingerprint density at radius 2 is 1.93 bits per heavy atom. The first-order valence-corrected chi connectivity index (χ1v) is 10.6. The summed E-state index contributed by atoms with van der Waals surface area (Å²) in [7, 11) is 0. The van der Waals surface area contributed by atoms with Gasteiger partial charge in [0.15, 0.2) is 5.13 Å². The Morgan fingerprint density at radius 3 is 2.69 bits per heavy atom. The number of thiazole rings is 1. The molecule has 1 aliphatic rings. The van der Waals surface area contributed by atoms with Crippen molar-refractivity contribution in [2.24, 2.45) is 0 Å². The fraction of sp³-hybridized carbons (Fsp3) is 0.217. The molecule has 1 aliphatic carbocycles. The highest BCUT2D eigenvalue weighted by Gasteiger charge is 2.15. The second kappa shape index (κ2) is 7.12. The van der Waals surface area contributed by atoms with Gasteiger partial charge in [-0.15, -0.1) is 11.3 Å². The fourth-order valence-corrected chi connectivity index (χ4v) is 4.62. The van der Waals surface area contributed by atoms with Gasteiger partial charge in [-0.25, -0.2) is 14.4 Å². The van der Waals surface area contributed by atoms with Crippen LogP contribution in [0.25, 0.3) is 16.9 Å². The van der Waals surface area contributed by atoms with Gasteiger partial charge in [0.2, 0.25) is 0 Å². The standard InChI is InChI=1S/C23H21FN4S/c1-14-8-16-4-3-5-17(16)10-20(14)26-23-27-21(12-29-23)18-6-7-22(19(24)9-18)28-11-15(2)25-13-28/h6-13H,3-5H2,1-2H3,(H,26,27). The Bertz CT molecular complexity index is 1210. The molecule has 0 radical (unpaired) electrons. The van der Waals surface area contributed by atoms with Crippen molar-refractivity contribution in [3.8, 4) is 16.9 Å². The third-order valence-corrected chi connectivity index (χ3v) is 6.18. The SMILES string of the molecule is Cc1cn(-c2ccc(-c3csc(Nc4cc5c(cc4C)CCC5)n3)cc2F)cn1. The van der Waals surface area contributed by atoms with E-state index in [0.29, 0.717) is 5.69 Å². The van der Waals surface area contributed by atoms with Gasteiger partial charge in [-0.3, -0.25) is 0 Å². The van der Waals surface area contributed by atoms with E-state index in [1.165, 1.54) is 46.9 Å². The molecule has 1 N–H and O–H groups in total. The van der Waals surface area contributed by atoms with Gasteiger partial charge < -0.3 is 9.88 Å². The number of fused-ring (bicyclic) bond motifs is 1. The zero-order chi connectivity index (χ0) is 20.0. The van der Waals surface area contributed by atoms with Crippen LogP contribution in [0.2, 0.25) is 0 Å². The maximum atomic E-state index is 14.7. The van der Waals surface area contributed by atoms with Crippen LogP contribution in [0.3, 0.4) is 0 Å². The van der Waals surface area contributed by atoms with Crippen molar-refractivity contribution in [1.82, 2.24) is 14.5 Å². The minimum absolute atomic E-state index is 0.295. The van der Waals surface area contributed by atoms with Crippen LogP contribution >= 0.6 is 11.3 Å². The van der Waals surface area contributed by atoms with Crippen molar-refractivity contribution >= 4 is 22.2 Å². The molecule has 5 rings (SSSR count). The monoisotopic (exact) mass is 404 g/mol. The molecule has 4 nitrogen and oxygen atoms in total. The summed E-state index contributed by atoms with van der Waals surface area (Å²) in [5.74, 6) is -0.295. The molecule has 0 amide bonds. The van der Waals surface area contributed by atoms with E-state index in [2.05, 4.69) is 34.3 Å². The third-order valence-electron chi connectivity index (χ3n) is 5.42. The Balaban J connectivity index is 1.40. The average Bonchev–Trinajstić information content (AvgIpc) is 3.43. The summed E-state index contributed by atoms with van der Waals surface area (Å²) in [6, 6.07) is 9.73. The summed E-state index contributed by atoms with van der Waals surface area (Å²) in [5.41, 5.74) is 8.10. The summed E-state index contributed by atoms with van der Waals surface area (Å²) < 4.78 is 16.4. The largest absolute Gasteiger partial charge is 0.331 e. The van der Waals surface area contributed by atoms with Gasteiger partial charge in [0.1, 0.15) is 5.82 Å². The molecular weight excluding hydrogens is 383 g/mol. The summed E-state index contributed by atoms with van der Waals surface area (Å²) in [6.45, 7) is 4.01. The Morgan fingerprint density at radius 1 is 1.10 bits per heavy atom. The lowest BCUT2D eigenvalue weighted by Crippen LogP contribution is -1.96. The van der Waals surface area contributed by atoms with Gasteiger partial charge in [0.05, 0.1) is 23.4 Å². The molecule has 2 aromatic heterocycles. The molecule has 29 heavy (non-hydrogen) atoms. The summed E-state index contributed by atoms with van der Waals surface area (Å²) in [4.78, 5) is 8.84. The molecule has 0 spiro atoms. The molecule has 0 unspecified atom stereocenters. The summed E-state index contributed by atoms with van der Waals surface area (Å²) >= 11 is 1.53. The molecule has 0 bridgehead atoms. The lowest BCUT2D eigenvalue weighted by atomic mass is 10.1. The molecule has 4 aromatic rings. The van der Waals surface area contributed by atoms with E-state index < -0.39 is 0 Å². The summed E-state index contributed by atoms with van der Waals surface area (Å²) in [6.07, 6.45) is 6.99. The first-order valence-electron chi connectivity index (χ1n) is 9.73. The zero-order valence-electron chi connectivity index (χ0n) is 16.4. The fourth-order valence-electron chi connectivity index (χ4n) is 3.89. The zero-order valence-corrected chi connectivity index (χ0v) is 17.2. The average molecular weight is 405 g/mol. The van der Waals surface area contributed by atoms with Crippen LogP contribution in [-0.2, 0) is 12.8 Å². The predicted octanol–water partition coefficient (Wildman–Crippen LogP) is 5.98. The molecular formula is C23H21FN4S. The van der Waals surface area contributed by atoms with Gasteiger partial charge >= 0.3 is 0 Å². The van der Waals surface area contributed by atoms with E-state index in [4.69, 9.17) is 0 Å². The molecule has 0 aliphatic heterocycles. The minimum atomic E-state index is -0.295. The van der Waals surface area contributed by atoms with Crippen molar-refractivity contribution < 1.29 is 4.39 Å². The van der Waals surface area contributed by atoms with Crippen molar-refractivity contribution in [3.63, 3.8) is 0 Å². The number of nitrogens with zero attached hydrogens (tertiary/aromatic N) is 3. The van der Waals surface area contributed by atoms with Crippen molar-refractivity contribution in [2.75, 3.05) is 5.32 Å². The van der Waals surface area contributed by atoms with Crippen LogP contribution in [0.5, 0.6) is 0 Å². The van der Waals surface area contributed by atoms with Gasteiger partial charge in [-0.1, -0.05) is 12.1 Å². The second-order valence-corrected chi connectivity index (χ2v) is 8.40. The number of aryl methyl sites for hydroxylation is 4. The number of halogens is 1. The molecule has 0 saturated heterocycles. The molecule has 2 heterocycles. The molecule has 2 aromatic carbocycles. The highest BCUT2D eigenvalue weighted by Crippen LogP contribution is 2.32. The van der Waals surface area contributed by atoms with Gasteiger partial charge in [0, 0.05) is 22.8 Å². The smallest absolute Gasteiger partial charge is 0.187 e. The van der Waals surface area contributed by atoms with Crippen LogP contribution < -0.4 is 5.32 Å². The highest BCUT2D eigenvalue weighted by molar-refractivity contribution is 7.14. The lowest BCUT2D eigenvalue weighted by Gasteiger charge is -2.10. The van der Waals surface area contributed by atoms with Crippen LogP contribution in [0.4, 0.5) is 15.2 Å². The van der Waals surface area contributed by atoms with Crippen LogP contribution in [-0.4, -0.2) is 14.5 Å². The lowest BCUT2D eigenvalue weighted by molar-refractivity contribution is 0.618. The molecule has 0 saturated carbocycles. The first kappa shape index (κ1) is 18.1. The van der Waals surface area contributed by atoms with Gasteiger partial charge in [0.25, 0.3) is 0 Å². The number of hydrogen-bond acceptors (Lipinski definition) is 4. The predicted molar refractivity (Wildman–Crippen MR) is 116 cm³/mol. The van der Waals surface area contributed by atoms with Crippen LogP contribution in [0.1, 0.15) is 28.8 Å². The Kier molecular flexibility index (Phi) is 4.43. The minimum Gasteiger partial charge on any atom is -0.331 e. The molecule has 6 heteroatoms. The van der Waals surface area contributed by atoms with Crippen molar-refractivity contribution in [2.45, 2.75) is 33.1 Å². The Labute approximate surface area is 173 Å². The molecule has 0 atom stereocenters. The van der Waals surface area contributed by atoms with Crippen molar-refractivity contribution in [3.05, 3.63) is 76.4 Å². The normalized spacial score (nSPS) is 12.9. The number of anilines is 2. The van der Waals surface area contributed by atoms with E-state index in [1.807, 2.05) is 24.6 Å². The molecule has 0 fully saturated rings. The Hall–Kier alpha value is -2.99. The third kappa shape index (κ3) is 3.44. The highest BCUT2D eigenvalue weighted by atomic mass is 32.1. The van der Waals surface area contributed by atoms with Gasteiger partial charge in [-0.05, 0) is 68.0 Å². The number of imidazole rings is 1. The topological polar surface area (TPSA) is 42.7 Å². The van der Waals surface area contributed by atoms with E-state index in [9.17, 15) is 4.39 Å². The number of hydrogen-bond donors (Lipinski definition) is 1. The van der Waals surface area contributed by atoms with Crippen LogP contribution in [0, 0.1) is 19.7 Å². The maximum Gasteiger partial charge on any atom is 0.187 e. The van der Waals surface area contributed by atoms with Gasteiger partial charge in [-0.2, -0.15) is 0 Å². The number of rotatable bonds is 4. The van der Waals surface area contributed by atoms with E-state index >= 15 is 0 Å². The molecule has 146 valence electrons. The maximum absolute atomic E-state index is 14.7. The first-order chi connectivity index (χ1) is 14.1. The number of aromatic nitrogens is 3. The number of benzene rings is 2. The van der Waals surface area contributed by atoms with Crippen molar-refractivity contribution in [1.29, 1.82) is 0 Å². The van der Waals surface area contributed by atoms with E-state index in [0.717, 1.165) is 34.2 Å². The van der Waals surface area contributed by atoms with E-state index in [-0.39, 0.29) is 5.82 Å².